The van der Waals surface area contributed by atoms with Crippen LogP contribution in [0, 0.1) is 0 Å². The van der Waals surface area contributed by atoms with Gasteiger partial charge in [-0.05, 0) is 38.8 Å². The SMILES string of the molecule is CC(C)(C)N1Cc2ccc(N3CCC3)nc2C1. The maximum atomic E-state index is 4.82. The minimum absolute atomic E-state index is 0.234. The Hall–Kier alpha value is -1.09. The molecule has 3 heterocycles. The summed E-state index contributed by atoms with van der Waals surface area (Å²) in [6, 6.07) is 4.45. The van der Waals surface area contributed by atoms with Crippen molar-refractivity contribution in [2.24, 2.45) is 0 Å². The van der Waals surface area contributed by atoms with E-state index >= 15 is 0 Å². The van der Waals surface area contributed by atoms with Gasteiger partial charge in [-0.25, -0.2) is 4.98 Å². The van der Waals surface area contributed by atoms with E-state index in [-0.39, 0.29) is 5.54 Å². The van der Waals surface area contributed by atoms with Gasteiger partial charge in [0.25, 0.3) is 0 Å². The zero-order valence-corrected chi connectivity index (χ0v) is 11.0. The summed E-state index contributed by atoms with van der Waals surface area (Å²) in [7, 11) is 0. The number of anilines is 1. The lowest BCUT2D eigenvalue weighted by Crippen LogP contribution is -2.38. The van der Waals surface area contributed by atoms with Crippen LogP contribution in [0.5, 0.6) is 0 Å². The molecule has 1 aromatic rings. The predicted molar refractivity (Wildman–Crippen MR) is 70.1 cm³/mol. The fourth-order valence-corrected chi connectivity index (χ4v) is 2.44. The van der Waals surface area contributed by atoms with Crippen LogP contribution in [0.15, 0.2) is 12.1 Å². The van der Waals surface area contributed by atoms with E-state index in [0.29, 0.717) is 0 Å². The molecule has 1 saturated heterocycles. The summed E-state index contributed by atoms with van der Waals surface area (Å²) < 4.78 is 0. The van der Waals surface area contributed by atoms with Gasteiger partial charge < -0.3 is 4.90 Å². The molecule has 0 spiro atoms. The third-order valence-corrected chi connectivity index (χ3v) is 3.88. The van der Waals surface area contributed by atoms with E-state index < -0.39 is 0 Å². The van der Waals surface area contributed by atoms with E-state index in [2.05, 4.69) is 42.7 Å². The summed E-state index contributed by atoms with van der Waals surface area (Å²) in [4.78, 5) is 9.68. The zero-order chi connectivity index (χ0) is 12.0. The van der Waals surface area contributed by atoms with Gasteiger partial charge in [0.05, 0.1) is 5.69 Å². The Kier molecular flexibility index (Phi) is 2.40. The highest BCUT2D eigenvalue weighted by Gasteiger charge is 2.29. The molecule has 2 aliphatic rings. The van der Waals surface area contributed by atoms with Crippen molar-refractivity contribution in [3.63, 3.8) is 0 Å². The number of rotatable bonds is 1. The van der Waals surface area contributed by atoms with Gasteiger partial charge >= 0.3 is 0 Å². The molecule has 0 amide bonds. The van der Waals surface area contributed by atoms with Gasteiger partial charge in [0, 0.05) is 31.7 Å². The van der Waals surface area contributed by atoms with Crippen molar-refractivity contribution in [3.05, 3.63) is 23.4 Å². The van der Waals surface area contributed by atoms with E-state index in [4.69, 9.17) is 4.98 Å². The number of hydrogen-bond acceptors (Lipinski definition) is 3. The van der Waals surface area contributed by atoms with Gasteiger partial charge in [-0.2, -0.15) is 0 Å². The van der Waals surface area contributed by atoms with Gasteiger partial charge in [-0.15, -0.1) is 0 Å². The third-order valence-electron chi connectivity index (χ3n) is 3.88. The zero-order valence-electron chi connectivity index (χ0n) is 11.0. The molecule has 0 N–H and O–H groups in total. The lowest BCUT2D eigenvalue weighted by Gasteiger charge is -2.32. The Labute approximate surface area is 103 Å². The molecule has 0 saturated carbocycles. The van der Waals surface area contributed by atoms with Crippen molar-refractivity contribution in [2.75, 3.05) is 18.0 Å². The monoisotopic (exact) mass is 231 g/mol. The molecule has 92 valence electrons. The fourth-order valence-electron chi connectivity index (χ4n) is 2.44. The molecule has 0 radical (unpaired) electrons. The molecular formula is C14H21N3. The second kappa shape index (κ2) is 3.70. The van der Waals surface area contributed by atoms with E-state index in [9.17, 15) is 0 Å². The first kappa shape index (κ1) is 11.0. The fraction of sp³-hybridized carbons (Fsp3) is 0.643. The van der Waals surface area contributed by atoms with Gasteiger partial charge in [-0.3, -0.25) is 4.90 Å². The molecule has 3 rings (SSSR count). The van der Waals surface area contributed by atoms with Gasteiger partial charge in [0.2, 0.25) is 0 Å². The van der Waals surface area contributed by atoms with Crippen LogP contribution in [0.25, 0.3) is 0 Å². The Bertz CT molecular complexity index is 430. The van der Waals surface area contributed by atoms with Crippen molar-refractivity contribution in [3.8, 4) is 0 Å². The quantitative estimate of drug-likeness (QED) is 0.740. The summed E-state index contributed by atoms with van der Waals surface area (Å²) in [5.41, 5.74) is 2.92. The summed E-state index contributed by atoms with van der Waals surface area (Å²) in [6.45, 7) is 11.2. The average molecular weight is 231 g/mol. The van der Waals surface area contributed by atoms with E-state index in [0.717, 1.165) is 13.1 Å². The lowest BCUT2D eigenvalue weighted by atomic mass is 10.1. The smallest absolute Gasteiger partial charge is 0.128 e. The molecule has 3 heteroatoms. The van der Waals surface area contributed by atoms with Crippen LogP contribution in [-0.4, -0.2) is 28.5 Å². The minimum Gasteiger partial charge on any atom is -0.356 e. The van der Waals surface area contributed by atoms with Crippen LogP contribution < -0.4 is 4.90 Å². The lowest BCUT2D eigenvalue weighted by molar-refractivity contribution is 0.135. The number of pyridine rings is 1. The molecule has 0 atom stereocenters. The Morgan fingerprint density at radius 3 is 2.47 bits per heavy atom. The van der Waals surface area contributed by atoms with Crippen LogP contribution in [0.4, 0.5) is 5.82 Å². The molecule has 3 nitrogen and oxygen atoms in total. The van der Waals surface area contributed by atoms with Gasteiger partial charge in [0.1, 0.15) is 5.82 Å². The van der Waals surface area contributed by atoms with Crippen LogP contribution >= 0.6 is 0 Å². The average Bonchev–Trinajstić information content (AvgIpc) is 2.57. The van der Waals surface area contributed by atoms with Gasteiger partial charge in [-0.1, -0.05) is 6.07 Å². The maximum absolute atomic E-state index is 4.82. The Morgan fingerprint density at radius 1 is 1.12 bits per heavy atom. The van der Waals surface area contributed by atoms with E-state index in [1.54, 1.807) is 0 Å². The molecule has 0 unspecified atom stereocenters. The van der Waals surface area contributed by atoms with Crippen LogP contribution in [-0.2, 0) is 13.1 Å². The summed E-state index contributed by atoms with van der Waals surface area (Å²) in [5, 5.41) is 0. The highest BCUT2D eigenvalue weighted by molar-refractivity contribution is 5.44. The Morgan fingerprint density at radius 2 is 1.88 bits per heavy atom. The van der Waals surface area contributed by atoms with Crippen LogP contribution in [0.2, 0.25) is 0 Å². The summed E-state index contributed by atoms with van der Waals surface area (Å²) in [6.07, 6.45) is 1.31. The Balaban J connectivity index is 1.83. The van der Waals surface area contributed by atoms with Crippen molar-refractivity contribution >= 4 is 5.82 Å². The number of nitrogens with zero attached hydrogens (tertiary/aromatic N) is 3. The molecule has 1 fully saturated rings. The van der Waals surface area contributed by atoms with Crippen LogP contribution in [0.3, 0.4) is 0 Å². The largest absolute Gasteiger partial charge is 0.356 e. The molecule has 1 aromatic heterocycles. The maximum Gasteiger partial charge on any atom is 0.128 e. The minimum atomic E-state index is 0.234. The van der Waals surface area contributed by atoms with Crippen molar-refractivity contribution in [1.82, 2.24) is 9.88 Å². The number of fused-ring (bicyclic) bond motifs is 1. The number of aromatic nitrogens is 1. The molecule has 0 bridgehead atoms. The van der Waals surface area contributed by atoms with Crippen molar-refractivity contribution < 1.29 is 0 Å². The first-order chi connectivity index (χ1) is 8.04. The normalized spacial score (nSPS) is 20.3. The van der Waals surface area contributed by atoms with Crippen molar-refractivity contribution in [1.29, 1.82) is 0 Å². The second-order valence-electron chi connectivity index (χ2n) is 6.14. The van der Waals surface area contributed by atoms with E-state index in [1.165, 1.54) is 36.6 Å². The summed E-state index contributed by atoms with van der Waals surface area (Å²) in [5.74, 6) is 1.17. The molecular weight excluding hydrogens is 210 g/mol. The molecule has 0 aromatic carbocycles. The third kappa shape index (κ3) is 1.93. The first-order valence-electron chi connectivity index (χ1n) is 6.53. The highest BCUT2D eigenvalue weighted by Crippen LogP contribution is 2.30. The predicted octanol–water partition coefficient (Wildman–Crippen LogP) is 2.41. The second-order valence-corrected chi connectivity index (χ2v) is 6.14. The summed E-state index contributed by atoms with van der Waals surface area (Å²) >= 11 is 0. The first-order valence-corrected chi connectivity index (χ1v) is 6.53. The topological polar surface area (TPSA) is 19.4 Å². The van der Waals surface area contributed by atoms with Crippen LogP contribution in [0.1, 0.15) is 38.4 Å². The highest BCUT2D eigenvalue weighted by atomic mass is 15.2. The van der Waals surface area contributed by atoms with E-state index in [1.807, 2.05) is 0 Å². The van der Waals surface area contributed by atoms with Gasteiger partial charge in [0.15, 0.2) is 0 Å². The number of hydrogen-bond donors (Lipinski definition) is 0. The molecule has 17 heavy (non-hydrogen) atoms. The standard InChI is InChI=1S/C14H21N3/c1-14(2,3)17-9-11-5-6-13(15-12(11)10-17)16-7-4-8-16/h5-6H,4,7-10H2,1-3H3. The van der Waals surface area contributed by atoms with Crippen molar-refractivity contribution in [2.45, 2.75) is 45.8 Å². The molecule has 0 aliphatic carbocycles. The molecule has 2 aliphatic heterocycles.